The van der Waals surface area contributed by atoms with Gasteiger partial charge in [0.25, 0.3) is 5.91 Å². The quantitative estimate of drug-likeness (QED) is 0.677. The van der Waals surface area contributed by atoms with Crippen LogP contribution in [0.25, 0.3) is 10.2 Å². The van der Waals surface area contributed by atoms with Crippen molar-refractivity contribution in [1.29, 1.82) is 0 Å². The van der Waals surface area contributed by atoms with Crippen LogP contribution >= 0.6 is 11.3 Å². The number of carbonyl (C=O) groups is 2. The van der Waals surface area contributed by atoms with Crippen LogP contribution in [-0.4, -0.2) is 70.6 Å². The van der Waals surface area contributed by atoms with Gasteiger partial charge in [0.15, 0.2) is 0 Å². The van der Waals surface area contributed by atoms with Crippen LogP contribution in [-0.2, 0) is 9.53 Å². The van der Waals surface area contributed by atoms with Crippen LogP contribution in [0, 0.1) is 12.8 Å². The number of rotatable bonds is 5. The fourth-order valence-corrected chi connectivity index (χ4v) is 6.38. The molecule has 2 N–H and O–H groups in total. The molecule has 2 aromatic heterocycles. The molecule has 1 unspecified atom stereocenters. The number of allylic oxidation sites excluding steroid dienone is 1. The maximum absolute atomic E-state index is 12.9. The summed E-state index contributed by atoms with van der Waals surface area (Å²) >= 11 is 1.52. The Hall–Kier alpha value is -2.23. The van der Waals surface area contributed by atoms with Crippen LogP contribution in [0.3, 0.4) is 0 Å². The molecule has 9 heteroatoms. The van der Waals surface area contributed by atoms with E-state index in [2.05, 4.69) is 16.1 Å². The van der Waals surface area contributed by atoms with Crippen LogP contribution in [0.4, 0.5) is 0 Å². The van der Waals surface area contributed by atoms with Crippen molar-refractivity contribution in [3.63, 3.8) is 0 Å². The molecule has 1 aliphatic carbocycles. The lowest BCUT2D eigenvalue weighted by atomic mass is 9.88. The minimum Gasteiger partial charge on any atom is -0.393 e. The number of hydrogen-bond donors (Lipinski definition) is 2. The minimum atomic E-state index is -0.275. The van der Waals surface area contributed by atoms with Gasteiger partial charge in [-0.05, 0) is 63.9 Å². The number of nitrogens with one attached hydrogen (secondary N) is 1. The Labute approximate surface area is 203 Å². The molecular formula is C25H34N4O4S. The summed E-state index contributed by atoms with van der Waals surface area (Å²) < 4.78 is 7.59. The summed E-state index contributed by atoms with van der Waals surface area (Å²) in [7, 11) is 0. The molecule has 8 nitrogen and oxygen atoms in total. The molecule has 2 fully saturated rings. The minimum absolute atomic E-state index is 0.0307. The summed E-state index contributed by atoms with van der Waals surface area (Å²) in [6.07, 6.45) is 7.48. The van der Waals surface area contributed by atoms with Crippen molar-refractivity contribution in [3.05, 3.63) is 28.3 Å². The van der Waals surface area contributed by atoms with Gasteiger partial charge >= 0.3 is 0 Å². The Morgan fingerprint density at radius 3 is 2.68 bits per heavy atom. The van der Waals surface area contributed by atoms with Gasteiger partial charge in [-0.3, -0.25) is 14.3 Å². The first-order valence-corrected chi connectivity index (χ1v) is 13.3. The molecule has 2 aromatic rings. The number of nitrogens with zero attached hydrogens (tertiary/aromatic N) is 3. The lowest BCUT2D eigenvalue weighted by Gasteiger charge is -2.31. The number of likely N-dealkylation sites (tertiary alicyclic amines) is 1. The zero-order chi connectivity index (χ0) is 23.7. The van der Waals surface area contributed by atoms with Crippen molar-refractivity contribution in [2.24, 2.45) is 5.92 Å². The zero-order valence-corrected chi connectivity index (χ0v) is 20.6. The fourth-order valence-electron chi connectivity index (χ4n) is 5.23. The normalized spacial score (nSPS) is 22.7. The van der Waals surface area contributed by atoms with Gasteiger partial charge in [-0.25, -0.2) is 0 Å². The van der Waals surface area contributed by atoms with Gasteiger partial charge < -0.3 is 20.1 Å². The van der Waals surface area contributed by atoms with E-state index >= 15 is 0 Å². The lowest BCUT2D eigenvalue weighted by Crippen LogP contribution is -2.41. The molecule has 1 atom stereocenters. The highest BCUT2D eigenvalue weighted by Crippen LogP contribution is 2.33. The molecule has 2 amide bonds. The van der Waals surface area contributed by atoms with Crippen LogP contribution in [0.5, 0.6) is 0 Å². The number of ether oxygens (including phenoxy) is 1. The molecular weight excluding hydrogens is 452 g/mol. The number of hydrogen-bond acceptors (Lipinski definition) is 6. The Morgan fingerprint density at radius 1 is 1.21 bits per heavy atom. The van der Waals surface area contributed by atoms with Crippen molar-refractivity contribution in [2.45, 2.75) is 64.0 Å². The first-order valence-electron chi connectivity index (χ1n) is 12.5. The molecule has 0 aromatic carbocycles. The Balaban J connectivity index is 1.16. The second-order valence-corrected chi connectivity index (χ2v) is 10.8. The maximum atomic E-state index is 12.9. The van der Waals surface area contributed by atoms with Gasteiger partial charge in [-0.2, -0.15) is 5.10 Å². The predicted octanol–water partition coefficient (Wildman–Crippen LogP) is 3.20. The van der Waals surface area contributed by atoms with Crippen LogP contribution in [0.1, 0.15) is 66.4 Å². The first-order chi connectivity index (χ1) is 16.5. The Morgan fingerprint density at radius 2 is 1.97 bits per heavy atom. The van der Waals surface area contributed by atoms with Gasteiger partial charge in [0.2, 0.25) is 5.91 Å². The Bertz CT molecular complexity index is 1080. The third-order valence-electron chi connectivity index (χ3n) is 7.43. The van der Waals surface area contributed by atoms with Crippen LogP contribution in [0.15, 0.2) is 17.7 Å². The number of aromatic nitrogens is 2. The summed E-state index contributed by atoms with van der Waals surface area (Å²) in [5.74, 6) is 0.433. The molecule has 2 aliphatic heterocycles. The van der Waals surface area contributed by atoms with E-state index in [0.717, 1.165) is 71.7 Å². The molecule has 5 rings (SSSR count). The number of aliphatic hydroxyl groups excluding tert-OH is 1. The van der Waals surface area contributed by atoms with E-state index in [1.54, 1.807) is 0 Å². The number of aryl methyl sites for hydroxylation is 1. The number of carbonyl (C=O) groups excluding carboxylic acids is 2. The number of aliphatic hydroxyl groups is 1. The number of thiophene rings is 1. The average Bonchev–Trinajstić information content (AvgIpc) is 3.44. The van der Waals surface area contributed by atoms with E-state index in [1.165, 1.54) is 11.3 Å². The largest absolute Gasteiger partial charge is 0.393 e. The van der Waals surface area contributed by atoms with E-state index in [4.69, 9.17) is 9.84 Å². The Kier molecular flexibility index (Phi) is 7.04. The molecule has 0 saturated carbocycles. The van der Waals surface area contributed by atoms with Crippen molar-refractivity contribution < 1.29 is 19.4 Å². The third kappa shape index (κ3) is 4.92. The van der Waals surface area contributed by atoms with E-state index in [1.807, 2.05) is 17.9 Å². The number of piperidine rings is 1. The molecule has 184 valence electrons. The first kappa shape index (κ1) is 23.5. The molecule has 0 spiro atoms. The SMILES string of the molecule is Cc1nn(C2CCOCC2)c2sc(C(=O)NCC3CC=C(C(=O)N4CCC(O)CC4)CC3)cc12. The van der Waals surface area contributed by atoms with Gasteiger partial charge in [-0.15, -0.1) is 11.3 Å². The number of fused-ring (bicyclic) bond motifs is 1. The highest BCUT2D eigenvalue weighted by atomic mass is 32.1. The summed E-state index contributed by atoms with van der Waals surface area (Å²) in [5, 5.41) is 18.6. The molecule has 4 heterocycles. The van der Waals surface area contributed by atoms with Crippen molar-refractivity contribution in [2.75, 3.05) is 32.8 Å². The van der Waals surface area contributed by atoms with Crippen LogP contribution < -0.4 is 5.32 Å². The van der Waals surface area contributed by atoms with Crippen molar-refractivity contribution in [1.82, 2.24) is 20.0 Å². The zero-order valence-electron chi connectivity index (χ0n) is 19.8. The smallest absolute Gasteiger partial charge is 0.261 e. The summed E-state index contributed by atoms with van der Waals surface area (Å²) in [4.78, 5) is 29.3. The maximum Gasteiger partial charge on any atom is 0.261 e. The summed E-state index contributed by atoms with van der Waals surface area (Å²) in [5.41, 5.74) is 1.85. The van der Waals surface area contributed by atoms with Gasteiger partial charge in [-0.1, -0.05) is 6.08 Å². The molecule has 0 radical (unpaired) electrons. The predicted molar refractivity (Wildman–Crippen MR) is 131 cm³/mol. The third-order valence-corrected chi connectivity index (χ3v) is 8.55. The summed E-state index contributed by atoms with van der Waals surface area (Å²) in [6.45, 7) is 5.41. The van der Waals surface area contributed by atoms with E-state index in [9.17, 15) is 14.7 Å². The molecule has 3 aliphatic rings. The molecule has 0 bridgehead atoms. The van der Waals surface area contributed by atoms with Gasteiger partial charge in [0.1, 0.15) is 4.83 Å². The second-order valence-electron chi connectivity index (χ2n) is 9.81. The highest BCUT2D eigenvalue weighted by Gasteiger charge is 2.27. The lowest BCUT2D eigenvalue weighted by molar-refractivity contribution is -0.129. The highest BCUT2D eigenvalue weighted by molar-refractivity contribution is 7.20. The van der Waals surface area contributed by atoms with E-state index in [-0.39, 0.29) is 17.9 Å². The fraction of sp³-hybridized carbons (Fsp3) is 0.640. The van der Waals surface area contributed by atoms with Crippen LogP contribution in [0.2, 0.25) is 0 Å². The molecule has 34 heavy (non-hydrogen) atoms. The average molecular weight is 487 g/mol. The van der Waals surface area contributed by atoms with E-state index in [0.29, 0.717) is 44.4 Å². The topological polar surface area (TPSA) is 96.7 Å². The van der Waals surface area contributed by atoms with Gasteiger partial charge in [0.05, 0.1) is 22.7 Å². The monoisotopic (exact) mass is 486 g/mol. The second kappa shape index (κ2) is 10.2. The van der Waals surface area contributed by atoms with E-state index < -0.39 is 0 Å². The van der Waals surface area contributed by atoms with Crippen molar-refractivity contribution in [3.8, 4) is 0 Å². The van der Waals surface area contributed by atoms with Crippen molar-refractivity contribution >= 4 is 33.4 Å². The number of amides is 2. The molecule has 2 saturated heterocycles. The summed E-state index contributed by atoms with van der Waals surface area (Å²) in [6, 6.07) is 2.31. The standard InChI is InChI=1S/C25H34N4O4S/c1-16-21-14-22(34-25(21)29(27-16)19-8-12-33-13-9-19)23(31)26-15-17-2-4-18(5-3-17)24(32)28-10-6-20(30)7-11-28/h4,14,17,19-20,30H,2-3,5-13,15H2,1H3,(H,26,31). The van der Waals surface area contributed by atoms with Gasteiger partial charge in [0, 0.05) is 43.8 Å².